The molecule has 1 saturated carbocycles. The van der Waals surface area contributed by atoms with Crippen LogP contribution in [0.25, 0.3) is 0 Å². The third kappa shape index (κ3) is 1.66. The first-order chi connectivity index (χ1) is 3.71. The van der Waals surface area contributed by atoms with Crippen LogP contribution in [0.2, 0.25) is 0 Å². The van der Waals surface area contributed by atoms with Gasteiger partial charge in [0.1, 0.15) is 0 Å². The SMILES string of the molecule is CC1(Cl)CCCCC1. The average Bonchev–Trinajstić information content (AvgIpc) is 1.65. The lowest BCUT2D eigenvalue weighted by atomic mass is 9.90. The first-order valence-corrected chi connectivity index (χ1v) is 3.77. The summed E-state index contributed by atoms with van der Waals surface area (Å²) in [5.41, 5.74) is 0. The van der Waals surface area contributed by atoms with Gasteiger partial charge in [-0.05, 0) is 19.8 Å². The summed E-state index contributed by atoms with van der Waals surface area (Å²) in [5.74, 6) is 0. The van der Waals surface area contributed by atoms with Crippen molar-refractivity contribution in [3.8, 4) is 0 Å². The van der Waals surface area contributed by atoms with Crippen molar-refractivity contribution in [2.75, 3.05) is 0 Å². The Bertz CT molecular complexity index is 68.5. The molecule has 0 N–H and O–H groups in total. The maximum atomic E-state index is 6.07. The fourth-order valence-electron chi connectivity index (χ4n) is 1.29. The number of halogens is 1. The predicted octanol–water partition coefficient (Wildman–Crippen LogP) is 2.95. The highest BCUT2D eigenvalue weighted by molar-refractivity contribution is 6.23. The van der Waals surface area contributed by atoms with E-state index >= 15 is 0 Å². The van der Waals surface area contributed by atoms with Crippen LogP contribution in [0.15, 0.2) is 0 Å². The zero-order chi connectivity index (χ0) is 6.04. The molecule has 1 aliphatic rings. The van der Waals surface area contributed by atoms with Crippen molar-refractivity contribution in [3.05, 3.63) is 0 Å². The molecule has 48 valence electrons. The lowest BCUT2D eigenvalue weighted by Crippen LogP contribution is -2.19. The minimum Gasteiger partial charge on any atom is -0.120 e. The van der Waals surface area contributed by atoms with Gasteiger partial charge in [0.05, 0.1) is 0 Å². The number of rotatable bonds is 0. The molecule has 1 fully saturated rings. The smallest absolute Gasteiger partial charge is 0.0418 e. The molecule has 0 radical (unpaired) electrons. The van der Waals surface area contributed by atoms with Gasteiger partial charge in [-0.15, -0.1) is 11.6 Å². The molecule has 0 amide bonds. The van der Waals surface area contributed by atoms with Crippen molar-refractivity contribution in [2.45, 2.75) is 43.9 Å². The van der Waals surface area contributed by atoms with Gasteiger partial charge in [-0.3, -0.25) is 0 Å². The lowest BCUT2D eigenvalue weighted by molar-refractivity contribution is 0.414. The van der Waals surface area contributed by atoms with Crippen molar-refractivity contribution in [1.29, 1.82) is 0 Å². The Morgan fingerprint density at radius 1 is 1.12 bits per heavy atom. The topological polar surface area (TPSA) is 0 Å². The van der Waals surface area contributed by atoms with E-state index in [1.807, 2.05) is 0 Å². The van der Waals surface area contributed by atoms with Crippen LogP contribution < -0.4 is 0 Å². The van der Waals surface area contributed by atoms with Crippen LogP contribution in [0.3, 0.4) is 0 Å². The van der Waals surface area contributed by atoms with Crippen molar-refractivity contribution in [3.63, 3.8) is 0 Å². The standard InChI is InChI=1S/C7H13Cl/c1-7(8)5-3-2-4-6-7/h2-6H2,1H3. The fourth-order valence-corrected chi connectivity index (χ4v) is 1.56. The average molecular weight is 133 g/mol. The molecule has 1 aliphatic carbocycles. The van der Waals surface area contributed by atoms with Gasteiger partial charge in [0.2, 0.25) is 0 Å². The van der Waals surface area contributed by atoms with Crippen LogP contribution in [-0.2, 0) is 0 Å². The van der Waals surface area contributed by atoms with Crippen LogP contribution in [0.4, 0.5) is 0 Å². The van der Waals surface area contributed by atoms with Crippen molar-refractivity contribution in [1.82, 2.24) is 0 Å². The quantitative estimate of drug-likeness (QED) is 0.445. The van der Waals surface area contributed by atoms with E-state index < -0.39 is 0 Å². The van der Waals surface area contributed by atoms with Gasteiger partial charge in [0, 0.05) is 4.87 Å². The summed E-state index contributed by atoms with van der Waals surface area (Å²) in [6, 6.07) is 0. The molecule has 0 aromatic carbocycles. The highest BCUT2D eigenvalue weighted by atomic mass is 35.5. The van der Waals surface area contributed by atoms with Gasteiger partial charge >= 0.3 is 0 Å². The largest absolute Gasteiger partial charge is 0.120 e. The zero-order valence-electron chi connectivity index (χ0n) is 5.41. The highest BCUT2D eigenvalue weighted by Crippen LogP contribution is 2.32. The van der Waals surface area contributed by atoms with Crippen molar-refractivity contribution < 1.29 is 0 Å². The fraction of sp³-hybridized carbons (Fsp3) is 1.00. The van der Waals surface area contributed by atoms with Crippen LogP contribution in [0, 0.1) is 0 Å². The molecule has 0 nitrogen and oxygen atoms in total. The normalized spacial score (nSPS) is 27.8. The van der Waals surface area contributed by atoms with E-state index in [9.17, 15) is 0 Å². The summed E-state index contributed by atoms with van der Waals surface area (Å²) in [7, 11) is 0. The molecule has 0 spiro atoms. The molecule has 0 aromatic rings. The van der Waals surface area contributed by atoms with Gasteiger partial charge in [-0.1, -0.05) is 19.3 Å². The second kappa shape index (κ2) is 2.26. The molecule has 0 saturated heterocycles. The maximum absolute atomic E-state index is 6.07. The van der Waals surface area contributed by atoms with Gasteiger partial charge < -0.3 is 0 Å². The Morgan fingerprint density at radius 3 is 1.88 bits per heavy atom. The summed E-state index contributed by atoms with van der Waals surface area (Å²) in [6.07, 6.45) is 6.49. The Kier molecular flexibility index (Phi) is 1.81. The van der Waals surface area contributed by atoms with Gasteiger partial charge in [-0.2, -0.15) is 0 Å². The molecular formula is C7H13Cl. The molecule has 0 atom stereocenters. The minimum absolute atomic E-state index is 0.151. The van der Waals surface area contributed by atoms with Crippen molar-refractivity contribution in [2.24, 2.45) is 0 Å². The molecule has 0 aliphatic heterocycles. The second-order valence-electron chi connectivity index (χ2n) is 2.97. The molecule has 0 aromatic heterocycles. The molecule has 0 unspecified atom stereocenters. The first-order valence-electron chi connectivity index (χ1n) is 3.40. The molecule has 0 bridgehead atoms. The predicted molar refractivity (Wildman–Crippen MR) is 37.3 cm³/mol. The molecule has 8 heavy (non-hydrogen) atoms. The third-order valence-electron chi connectivity index (χ3n) is 1.90. The van der Waals surface area contributed by atoms with Crippen LogP contribution >= 0.6 is 11.6 Å². The Balaban J connectivity index is 2.33. The van der Waals surface area contributed by atoms with E-state index in [2.05, 4.69) is 6.92 Å². The molecular weight excluding hydrogens is 120 g/mol. The summed E-state index contributed by atoms with van der Waals surface area (Å²) in [4.78, 5) is 0.151. The first kappa shape index (κ1) is 6.41. The Labute approximate surface area is 56.2 Å². The van der Waals surface area contributed by atoms with Gasteiger partial charge in [0.15, 0.2) is 0 Å². The molecule has 1 rings (SSSR count). The number of hydrogen-bond donors (Lipinski definition) is 0. The molecule has 1 heteroatoms. The van der Waals surface area contributed by atoms with Gasteiger partial charge in [0.25, 0.3) is 0 Å². The van der Waals surface area contributed by atoms with Crippen LogP contribution in [0.5, 0.6) is 0 Å². The number of alkyl halides is 1. The summed E-state index contributed by atoms with van der Waals surface area (Å²) >= 11 is 6.07. The lowest BCUT2D eigenvalue weighted by Gasteiger charge is -2.26. The monoisotopic (exact) mass is 132 g/mol. The van der Waals surface area contributed by atoms with E-state index in [1.165, 1.54) is 32.1 Å². The number of hydrogen-bond acceptors (Lipinski definition) is 0. The minimum atomic E-state index is 0.151. The van der Waals surface area contributed by atoms with E-state index in [0.717, 1.165) is 0 Å². The summed E-state index contributed by atoms with van der Waals surface area (Å²) in [6.45, 7) is 2.15. The van der Waals surface area contributed by atoms with Crippen LogP contribution in [-0.4, -0.2) is 4.87 Å². The highest BCUT2D eigenvalue weighted by Gasteiger charge is 2.22. The van der Waals surface area contributed by atoms with Gasteiger partial charge in [-0.25, -0.2) is 0 Å². The summed E-state index contributed by atoms with van der Waals surface area (Å²) < 4.78 is 0. The van der Waals surface area contributed by atoms with E-state index in [-0.39, 0.29) is 4.87 Å². The third-order valence-corrected chi connectivity index (χ3v) is 2.27. The summed E-state index contributed by atoms with van der Waals surface area (Å²) in [5, 5.41) is 0. The Hall–Kier alpha value is 0.290. The molecule has 0 heterocycles. The Morgan fingerprint density at radius 2 is 1.62 bits per heavy atom. The van der Waals surface area contributed by atoms with Crippen LogP contribution in [0.1, 0.15) is 39.0 Å². The van der Waals surface area contributed by atoms with E-state index in [1.54, 1.807) is 0 Å². The van der Waals surface area contributed by atoms with E-state index in [0.29, 0.717) is 0 Å². The second-order valence-corrected chi connectivity index (χ2v) is 3.89. The van der Waals surface area contributed by atoms with E-state index in [4.69, 9.17) is 11.6 Å². The zero-order valence-corrected chi connectivity index (χ0v) is 6.17. The van der Waals surface area contributed by atoms with Crippen molar-refractivity contribution >= 4 is 11.6 Å². The maximum Gasteiger partial charge on any atom is 0.0418 e.